The third-order valence-electron chi connectivity index (χ3n) is 4.57. The lowest BCUT2D eigenvalue weighted by molar-refractivity contribution is 0.343. The number of pyridine rings is 1. The van der Waals surface area contributed by atoms with Gasteiger partial charge < -0.3 is 14.8 Å². The van der Waals surface area contributed by atoms with E-state index in [1.807, 2.05) is 32.0 Å². The lowest BCUT2D eigenvalue weighted by Gasteiger charge is -2.15. The number of rotatable bonds is 9. The summed E-state index contributed by atoms with van der Waals surface area (Å²) in [6, 6.07) is 11.4. The molecule has 0 aliphatic heterocycles. The standard InChI is InChI=1S/C25H23ClN4O2/c1-5-18(28-6-2)15-32-22-9-8-19(12-21(22)26)30-24-17(13-27)14-29-25-20(24)10-16(4)11-23(25)31-7-3/h5-6,8-12,14H,1-2,7,15H2,3-4H3,(H,29,30). The van der Waals surface area contributed by atoms with Gasteiger partial charge in [-0.1, -0.05) is 24.8 Å². The second kappa shape index (κ2) is 10.5. The van der Waals surface area contributed by atoms with Crippen molar-refractivity contribution in [2.75, 3.05) is 18.5 Å². The SMILES string of the molecule is C=CN=C(C=C)COc1ccc(Nc2c(C#N)cnc3c(OCC)cc(C)cc23)cc1Cl. The average Bonchev–Trinajstić information content (AvgIpc) is 2.78. The quantitative estimate of drug-likeness (QED) is 0.387. The number of anilines is 2. The molecule has 3 rings (SSSR count). The number of nitrogens with zero attached hydrogens (tertiary/aromatic N) is 3. The second-order valence-electron chi connectivity index (χ2n) is 6.82. The summed E-state index contributed by atoms with van der Waals surface area (Å²) in [6.45, 7) is 11.9. The van der Waals surface area contributed by atoms with Crippen LogP contribution in [0.5, 0.6) is 11.5 Å². The molecule has 0 radical (unpaired) electrons. The fourth-order valence-corrected chi connectivity index (χ4v) is 3.39. The summed E-state index contributed by atoms with van der Waals surface area (Å²) in [5, 5.41) is 14.2. The Hall–Kier alpha value is -3.82. The maximum atomic E-state index is 9.65. The van der Waals surface area contributed by atoms with Crippen molar-refractivity contribution in [3.63, 3.8) is 0 Å². The molecule has 0 unspecified atom stereocenters. The summed E-state index contributed by atoms with van der Waals surface area (Å²) in [4.78, 5) is 8.52. The van der Waals surface area contributed by atoms with Crippen molar-refractivity contribution in [3.05, 3.63) is 78.1 Å². The van der Waals surface area contributed by atoms with Gasteiger partial charge in [0.25, 0.3) is 0 Å². The van der Waals surface area contributed by atoms with Crippen molar-refractivity contribution < 1.29 is 9.47 Å². The first-order chi connectivity index (χ1) is 15.5. The lowest BCUT2D eigenvalue weighted by Crippen LogP contribution is -2.08. The van der Waals surface area contributed by atoms with Crippen LogP contribution in [0.4, 0.5) is 11.4 Å². The molecule has 162 valence electrons. The Balaban J connectivity index is 1.96. The highest BCUT2D eigenvalue weighted by Gasteiger charge is 2.14. The number of nitriles is 1. The molecule has 0 saturated carbocycles. The number of hydrogen-bond acceptors (Lipinski definition) is 6. The molecule has 32 heavy (non-hydrogen) atoms. The van der Waals surface area contributed by atoms with Crippen molar-refractivity contribution in [1.82, 2.24) is 4.98 Å². The van der Waals surface area contributed by atoms with Crippen LogP contribution in [0.25, 0.3) is 10.9 Å². The number of fused-ring (bicyclic) bond motifs is 1. The zero-order valence-electron chi connectivity index (χ0n) is 18.0. The number of halogens is 1. The molecule has 0 bridgehead atoms. The molecule has 0 amide bonds. The summed E-state index contributed by atoms with van der Waals surface area (Å²) in [5.41, 5.74) is 4.08. The largest absolute Gasteiger partial charge is 0.492 e. The van der Waals surface area contributed by atoms with E-state index in [9.17, 15) is 5.26 Å². The van der Waals surface area contributed by atoms with Gasteiger partial charge in [-0.2, -0.15) is 5.26 Å². The first kappa shape index (κ1) is 22.9. The van der Waals surface area contributed by atoms with Gasteiger partial charge in [0.15, 0.2) is 0 Å². The van der Waals surface area contributed by atoms with Crippen LogP contribution < -0.4 is 14.8 Å². The smallest absolute Gasteiger partial charge is 0.145 e. The zero-order valence-corrected chi connectivity index (χ0v) is 18.7. The minimum atomic E-state index is 0.217. The molecule has 2 aromatic carbocycles. The highest BCUT2D eigenvalue weighted by Crippen LogP contribution is 2.36. The second-order valence-corrected chi connectivity index (χ2v) is 7.22. The maximum Gasteiger partial charge on any atom is 0.145 e. The molecule has 0 aliphatic carbocycles. The molecule has 0 spiro atoms. The van der Waals surface area contributed by atoms with Gasteiger partial charge in [0.2, 0.25) is 0 Å². The summed E-state index contributed by atoms with van der Waals surface area (Å²) in [7, 11) is 0. The Labute approximate surface area is 192 Å². The number of ether oxygens (including phenoxy) is 2. The number of hydrogen-bond donors (Lipinski definition) is 1. The van der Waals surface area contributed by atoms with Gasteiger partial charge in [0, 0.05) is 23.5 Å². The number of aromatic nitrogens is 1. The molecule has 1 aromatic heterocycles. The van der Waals surface area contributed by atoms with Crippen LogP contribution in [0, 0.1) is 18.3 Å². The Bertz CT molecular complexity index is 1240. The Morgan fingerprint density at radius 1 is 1.25 bits per heavy atom. The number of nitrogens with one attached hydrogen (secondary N) is 1. The van der Waals surface area contributed by atoms with Crippen LogP contribution >= 0.6 is 11.6 Å². The molecule has 0 aliphatic rings. The molecule has 3 aromatic rings. The van der Waals surface area contributed by atoms with Crippen LogP contribution in [0.2, 0.25) is 5.02 Å². The number of aryl methyl sites for hydroxylation is 1. The first-order valence-electron chi connectivity index (χ1n) is 9.96. The van der Waals surface area contributed by atoms with Gasteiger partial charge >= 0.3 is 0 Å². The van der Waals surface area contributed by atoms with E-state index < -0.39 is 0 Å². The predicted molar refractivity (Wildman–Crippen MR) is 130 cm³/mol. The van der Waals surface area contributed by atoms with Crippen LogP contribution in [0.3, 0.4) is 0 Å². The summed E-state index contributed by atoms with van der Waals surface area (Å²) in [6.07, 6.45) is 4.57. The molecule has 6 nitrogen and oxygen atoms in total. The summed E-state index contributed by atoms with van der Waals surface area (Å²) in [5.74, 6) is 1.18. The molecular weight excluding hydrogens is 424 g/mol. The van der Waals surface area contributed by atoms with Crippen LogP contribution in [-0.4, -0.2) is 23.9 Å². The van der Waals surface area contributed by atoms with Crippen molar-refractivity contribution in [2.24, 2.45) is 4.99 Å². The predicted octanol–water partition coefficient (Wildman–Crippen LogP) is 6.36. The first-order valence-corrected chi connectivity index (χ1v) is 10.3. The molecule has 0 fully saturated rings. The van der Waals surface area contributed by atoms with Crippen molar-refractivity contribution in [3.8, 4) is 17.6 Å². The van der Waals surface area contributed by atoms with Gasteiger partial charge in [0.1, 0.15) is 29.7 Å². The minimum Gasteiger partial charge on any atom is -0.492 e. The fourth-order valence-electron chi connectivity index (χ4n) is 3.15. The third-order valence-corrected chi connectivity index (χ3v) is 4.87. The maximum absolute atomic E-state index is 9.65. The van der Waals surface area contributed by atoms with Crippen LogP contribution in [0.15, 0.2) is 67.0 Å². The number of benzene rings is 2. The van der Waals surface area contributed by atoms with Crippen LogP contribution in [0.1, 0.15) is 18.1 Å². The van der Waals surface area contributed by atoms with E-state index in [4.69, 9.17) is 21.1 Å². The van der Waals surface area contributed by atoms with E-state index >= 15 is 0 Å². The third kappa shape index (κ3) is 5.08. The van der Waals surface area contributed by atoms with Crippen molar-refractivity contribution in [2.45, 2.75) is 13.8 Å². The zero-order chi connectivity index (χ0) is 23.1. The average molecular weight is 447 g/mol. The van der Waals surface area contributed by atoms with E-state index in [0.29, 0.717) is 51.3 Å². The summed E-state index contributed by atoms with van der Waals surface area (Å²) >= 11 is 6.43. The molecule has 1 N–H and O–H groups in total. The molecule has 0 saturated heterocycles. The van der Waals surface area contributed by atoms with Gasteiger partial charge in [-0.05, 0) is 55.8 Å². The minimum absolute atomic E-state index is 0.217. The fraction of sp³-hybridized carbons (Fsp3) is 0.160. The molecule has 7 heteroatoms. The van der Waals surface area contributed by atoms with Crippen molar-refractivity contribution in [1.29, 1.82) is 5.26 Å². The highest BCUT2D eigenvalue weighted by molar-refractivity contribution is 6.32. The lowest BCUT2D eigenvalue weighted by atomic mass is 10.1. The van der Waals surface area contributed by atoms with E-state index in [0.717, 1.165) is 10.9 Å². The molecule has 1 heterocycles. The van der Waals surface area contributed by atoms with Crippen molar-refractivity contribution >= 4 is 39.6 Å². The Kier molecular flexibility index (Phi) is 7.48. The number of aliphatic imine (C=N–C) groups is 1. The van der Waals surface area contributed by atoms with Gasteiger partial charge in [-0.15, -0.1) is 0 Å². The van der Waals surface area contributed by atoms with E-state index in [-0.39, 0.29) is 6.61 Å². The normalized spacial score (nSPS) is 11.0. The Morgan fingerprint density at radius 3 is 2.72 bits per heavy atom. The van der Waals surface area contributed by atoms with E-state index in [1.54, 1.807) is 18.2 Å². The van der Waals surface area contributed by atoms with Crippen LogP contribution in [-0.2, 0) is 0 Å². The highest BCUT2D eigenvalue weighted by atomic mass is 35.5. The topological polar surface area (TPSA) is 79.5 Å². The Morgan fingerprint density at radius 2 is 2.06 bits per heavy atom. The van der Waals surface area contributed by atoms with Gasteiger partial charge in [-0.3, -0.25) is 9.98 Å². The summed E-state index contributed by atoms with van der Waals surface area (Å²) < 4.78 is 11.5. The van der Waals surface area contributed by atoms with E-state index in [1.165, 1.54) is 12.4 Å². The van der Waals surface area contributed by atoms with Gasteiger partial charge in [0.05, 0.1) is 28.6 Å². The molecular formula is C25H23ClN4O2. The molecule has 0 atom stereocenters. The monoisotopic (exact) mass is 446 g/mol. The van der Waals surface area contributed by atoms with E-state index in [2.05, 4.69) is 34.5 Å². The van der Waals surface area contributed by atoms with Gasteiger partial charge in [-0.25, -0.2) is 0 Å².